The van der Waals surface area contributed by atoms with Crippen LogP contribution in [0.15, 0.2) is 18.2 Å². The number of nitrogens with zero attached hydrogens (tertiary/aromatic N) is 2. The van der Waals surface area contributed by atoms with Gasteiger partial charge in [0, 0.05) is 37.2 Å². The van der Waals surface area contributed by atoms with Crippen LogP contribution in [0.4, 0.5) is 0 Å². The van der Waals surface area contributed by atoms with Crippen molar-refractivity contribution in [2.75, 3.05) is 33.3 Å². The molecule has 1 amide bonds. The van der Waals surface area contributed by atoms with Crippen molar-refractivity contribution in [2.24, 2.45) is 0 Å². The smallest absolute Gasteiger partial charge is 0.257 e. The lowest BCUT2D eigenvalue weighted by molar-refractivity contribution is 0.0314. The third-order valence-electron chi connectivity index (χ3n) is 4.91. The average molecular weight is 339 g/mol. The SMILES string of the molecule is COc1cc(Cl)ccc1C(=O)N1CCN([C@@H]2CCC[C@H]2O)CC1. The Kier molecular flexibility index (Phi) is 5.09. The van der Waals surface area contributed by atoms with Gasteiger partial charge in [0.15, 0.2) is 0 Å². The second kappa shape index (κ2) is 7.07. The zero-order valence-corrected chi connectivity index (χ0v) is 14.1. The van der Waals surface area contributed by atoms with Gasteiger partial charge in [0.2, 0.25) is 0 Å². The van der Waals surface area contributed by atoms with E-state index < -0.39 is 0 Å². The van der Waals surface area contributed by atoms with Gasteiger partial charge < -0.3 is 14.7 Å². The van der Waals surface area contributed by atoms with Crippen LogP contribution in [0.1, 0.15) is 29.6 Å². The third-order valence-corrected chi connectivity index (χ3v) is 5.14. The summed E-state index contributed by atoms with van der Waals surface area (Å²) in [6, 6.07) is 5.36. The van der Waals surface area contributed by atoms with Crippen molar-refractivity contribution in [3.8, 4) is 5.75 Å². The molecule has 0 bridgehead atoms. The number of piperazine rings is 1. The lowest BCUT2D eigenvalue weighted by atomic mass is 10.1. The highest BCUT2D eigenvalue weighted by molar-refractivity contribution is 6.30. The third kappa shape index (κ3) is 3.47. The van der Waals surface area contributed by atoms with E-state index in [0.29, 0.717) is 29.4 Å². The number of hydrogen-bond acceptors (Lipinski definition) is 4. The summed E-state index contributed by atoms with van der Waals surface area (Å²) in [5.74, 6) is 0.487. The van der Waals surface area contributed by atoms with Gasteiger partial charge in [-0.15, -0.1) is 0 Å². The molecule has 0 radical (unpaired) electrons. The second-order valence-corrected chi connectivity index (χ2v) is 6.67. The molecule has 1 N–H and O–H groups in total. The standard InChI is InChI=1S/C17H23ClN2O3/c1-23-16-11-12(18)5-6-13(16)17(22)20-9-7-19(8-10-20)14-3-2-4-15(14)21/h5-6,11,14-15,21H,2-4,7-10H2,1H3/t14-,15-/m1/s1. The van der Waals surface area contributed by atoms with Gasteiger partial charge in [-0.1, -0.05) is 11.6 Å². The van der Waals surface area contributed by atoms with Crippen LogP contribution >= 0.6 is 11.6 Å². The summed E-state index contributed by atoms with van der Waals surface area (Å²) in [5.41, 5.74) is 0.547. The molecule has 2 aliphatic rings. The number of methoxy groups -OCH3 is 1. The molecule has 3 rings (SSSR count). The Morgan fingerprint density at radius 3 is 2.61 bits per heavy atom. The highest BCUT2D eigenvalue weighted by Gasteiger charge is 2.33. The van der Waals surface area contributed by atoms with Crippen LogP contribution in [0, 0.1) is 0 Å². The number of rotatable bonds is 3. The number of benzene rings is 1. The molecule has 0 aromatic heterocycles. The summed E-state index contributed by atoms with van der Waals surface area (Å²) in [5, 5.41) is 10.6. The molecular weight excluding hydrogens is 316 g/mol. The van der Waals surface area contributed by atoms with Crippen molar-refractivity contribution >= 4 is 17.5 Å². The normalized spacial score (nSPS) is 25.6. The van der Waals surface area contributed by atoms with Crippen molar-refractivity contribution in [3.63, 3.8) is 0 Å². The molecule has 2 fully saturated rings. The number of ether oxygens (including phenoxy) is 1. The molecule has 23 heavy (non-hydrogen) atoms. The van der Waals surface area contributed by atoms with Gasteiger partial charge in [-0.2, -0.15) is 0 Å². The van der Waals surface area contributed by atoms with Crippen LogP contribution in [-0.2, 0) is 0 Å². The van der Waals surface area contributed by atoms with E-state index in [1.54, 1.807) is 25.3 Å². The first-order chi connectivity index (χ1) is 11.1. The topological polar surface area (TPSA) is 53.0 Å². The molecule has 1 heterocycles. The maximum Gasteiger partial charge on any atom is 0.257 e. The molecule has 126 valence electrons. The number of hydrogen-bond donors (Lipinski definition) is 1. The van der Waals surface area contributed by atoms with E-state index in [1.807, 2.05) is 4.90 Å². The molecule has 1 saturated heterocycles. The van der Waals surface area contributed by atoms with Gasteiger partial charge in [0.05, 0.1) is 18.8 Å². The van der Waals surface area contributed by atoms with Crippen molar-refractivity contribution in [1.29, 1.82) is 0 Å². The van der Waals surface area contributed by atoms with Gasteiger partial charge in [0.1, 0.15) is 5.75 Å². The maximum atomic E-state index is 12.7. The van der Waals surface area contributed by atoms with E-state index in [0.717, 1.165) is 32.4 Å². The van der Waals surface area contributed by atoms with Gasteiger partial charge in [-0.05, 0) is 37.5 Å². The first-order valence-electron chi connectivity index (χ1n) is 8.15. The molecule has 2 atom stereocenters. The van der Waals surface area contributed by atoms with E-state index in [-0.39, 0.29) is 18.1 Å². The number of carbonyl (C=O) groups is 1. The van der Waals surface area contributed by atoms with Crippen LogP contribution in [0.25, 0.3) is 0 Å². The van der Waals surface area contributed by atoms with Crippen LogP contribution in [0.5, 0.6) is 5.75 Å². The number of amides is 1. The summed E-state index contributed by atoms with van der Waals surface area (Å²) in [6.07, 6.45) is 2.83. The minimum Gasteiger partial charge on any atom is -0.496 e. The Balaban J connectivity index is 1.64. The van der Waals surface area contributed by atoms with Crippen LogP contribution in [0.3, 0.4) is 0 Å². The molecule has 1 aromatic carbocycles. The first kappa shape index (κ1) is 16.6. The zero-order valence-electron chi connectivity index (χ0n) is 13.4. The highest BCUT2D eigenvalue weighted by Crippen LogP contribution is 2.27. The van der Waals surface area contributed by atoms with E-state index in [1.165, 1.54) is 0 Å². The number of halogens is 1. The molecule has 0 unspecified atom stereocenters. The van der Waals surface area contributed by atoms with Crippen LogP contribution in [-0.4, -0.2) is 66.2 Å². The number of carbonyl (C=O) groups excluding carboxylic acids is 1. The Morgan fingerprint density at radius 2 is 2.00 bits per heavy atom. The Hall–Kier alpha value is -1.30. The largest absolute Gasteiger partial charge is 0.496 e. The van der Waals surface area contributed by atoms with Crippen molar-refractivity contribution < 1.29 is 14.6 Å². The van der Waals surface area contributed by atoms with Crippen molar-refractivity contribution in [2.45, 2.75) is 31.4 Å². The molecule has 6 heteroatoms. The predicted molar refractivity (Wildman–Crippen MR) is 89.1 cm³/mol. The monoisotopic (exact) mass is 338 g/mol. The van der Waals surface area contributed by atoms with E-state index in [4.69, 9.17) is 16.3 Å². The summed E-state index contributed by atoms with van der Waals surface area (Å²) in [4.78, 5) is 16.9. The van der Waals surface area contributed by atoms with E-state index in [2.05, 4.69) is 4.90 Å². The van der Waals surface area contributed by atoms with Gasteiger partial charge in [-0.3, -0.25) is 9.69 Å². The zero-order chi connectivity index (χ0) is 16.4. The summed E-state index contributed by atoms with van der Waals surface area (Å²) >= 11 is 5.96. The van der Waals surface area contributed by atoms with E-state index >= 15 is 0 Å². The summed E-state index contributed by atoms with van der Waals surface area (Å²) in [6.45, 7) is 2.97. The molecule has 1 aliphatic heterocycles. The van der Waals surface area contributed by atoms with Gasteiger partial charge >= 0.3 is 0 Å². The minimum absolute atomic E-state index is 0.0230. The fourth-order valence-corrected chi connectivity index (χ4v) is 3.78. The van der Waals surface area contributed by atoms with Crippen LogP contribution < -0.4 is 4.74 Å². The quantitative estimate of drug-likeness (QED) is 0.916. The average Bonchev–Trinajstić information content (AvgIpc) is 3.00. The van der Waals surface area contributed by atoms with Crippen molar-refractivity contribution in [3.05, 3.63) is 28.8 Å². The summed E-state index contributed by atoms with van der Waals surface area (Å²) < 4.78 is 5.28. The lowest BCUT2D eigenvalue weighted by Gasteiger charge is -2.39. The molecule has 1 saturated carbocycles. The molecule has 0 spiro atoms. The molecule has 5 nitrogen and oxygen atoms in total. The predicted octanol–water partition coefficient (Wildman–Crippen LogP) is 2.02. The minimum atomic E-state index is -0.214. The molecular formula is C17H23ClN2O3. The fraction of sp³-hybridized carbons (Fsp3) is 0.588. The maximum absolute atomic E-state index is 12.7. The Bertz CT molecular complexity index is 573. The number of aliphatic hydroxyl groups excluding tert-OH is 1. The van der Waals surface area contributed by atoms with E-state index in [9.17, 15) is 9.90 Å². The van der Waals surface area contributed by atoms with Gasteiger partial charge in [0.25, 0.3) is 5.91 Å². The van der Waals surface area contributed by atoms with Gasteiger partial charge in [-0.25, -0.2) is 0 Å². The van der Waals surface area contributed by atoms with Crippen molar-refractivity contribution in [1.82, 2.24) is 9.80 Å². The molecule has 1 aliphatic carbocycles. The Morgan fingerprint density at radius 1 is 1.26 bits per heavy atom. The highest BCUT2D eigenvalue weighted by atomic mass is 35.5. The number of aliphatic hydroxyl groups is 1. The fourth-order valence-electron chi connectivity index (χ4n) is 3.62. The molecule has 1 aromatic rings. The lowest BCUT2D eigenvalue weighted by Crippen LogP contribution is -2.53. The second-order valence-electron chi connectivity index (χ2n) is 6.24. The van der Waals surface area contributed by atoms with Crippen LogP contribution in [0.2, 0.25) is 5.02 Å². The summed E-state index contributed by atoms with van der Waals surface area (Å²) in [7, 11) is 1.54. The first-order valence-corrected chi connectivity index (χ1v) is 8.53. The Labute approximate surface area is 141 Å².